The predicted molar refractivity (Wildman–Crippen MR) is 157 cm³/mol. The summed E-state index contributed by atoms with van der Waals surface area (Å²) in [7, 11) is 0. The molecule has 0 aliphatic carbocycles. The summed E-state index contributed by atoms with van der Waals surface area (Å²) in [6.45, 7) is 5.31. The highest BCUT2D eigenvalue weighted by Crippen LogP contribution is 2.24. The van der Waals surface area contributed by atoms with E-state index in [4.69, 9.17) is 16.3 Å². The Morgan fingerprint density at radius 2 is 1.64 bits per heavy atom. The second-order valence-electron chi connectivity index (χ2n) is 10.2. The fourth-order valence-corrected chi connectivity index (χ4v) is 4.03. The van der Waals surface area contributed by atoms with E-state index in [9.17, 15) is 19.2 Å². The average molecular weight is 589 g/mol. The van der Waals surface area contributed by atoms with Crippen LogP contribution in [0.3, 0.4) is 0 Å². The van der Waals surface area contributed by atoms with Gasteiger partial charge in [0.2, 0.25) is 5.91 Å². The molecule has 0 saturated carbocycles. The van der Waals surface area contributed by atoms with E-state index < -0.39 is 35.3 Å². The molecule has 4 rings (SSSR count). The summed E-state index contributed by atoms with van der Waals surface area (Å²) in [5.74, 6) is -3.09. The second kappa shape index (κ2) is 13.1. The monoisotopic (exact) mass is 588 g/mol. The smallest absolute Gasteiger partial charge is 0.338 e. The first kappa shape index (κ1) is 29.9. The van der Waals surface area contributed by atoms with Crippen molar-refractivity contribution in [2.24, 2.45) is 0 Å². The molecule has 216 valence electrons. The van der Waals surface area contributed by atoms with Crippen LogP contribution in [-0.2, 0) is 25.5 Å². The van der Waals surface area contributed by atoms with Crippen LogP contribution in [-0.4, -0.2) is 50.1 Å². The van der Waals surface area contributed by atoms with Crippen molar-refractivity contribution in [2.45, 2.75) is 38.8 Å². The molecule has 0 radical (unpaired) electrons. The number of esters is 1. The van der Waals surface area contributed by atoms with Gasteiger partial charge in [-0.05, 0) is 68.8 Å². The molecular formula is C30H29ClN6O5. The topological polar surface area (TPSA) is 144 Å². The van der Waals surface area contributed by atoms with Crippen LogP contribution in [0.1, 0.15) is 36.7 Å². The fraction of sp³-hybridized carbons (Fsp3) is 0.200. The van der Waals surface area contributed by atoms with E-state index >= 15 is 0 Å². The average Bonchev–Trinajstić information content (AvgIpc) is 3.47. The third kappa shape index (κ3) is 8.24. The minimum atomic E-state index is -1.11. The Balaban J connectivity index is 1.48. The summed E-state index contributed by atoms with van der Waals surface area (Å²) in [5, 5.41) is 12.2. The number of rotatable bonds is 8. The molecule has 1 atom stereocenters. The third-order valence-electron chi connectivity index (χ3n) is 5.77. The predicted octanol–water partition coefficient (Wildman–Crippen LogP) is 4.18. The maximum atomic E-state index is 13.3. The number of amides is 3. The molecule has 1 heterocycles. The first-order valence-electron chi connectivity index (χ1n) is 12.9. The first-order chi connectivity index (χ1) is 20.0. The molecule has 0 unspecified atom stereocenters. The summed E-state index contributed by atoms with van der Waals surface area (Å²) in [5.41, 5.74) is 1.49. The molecule has 12 heteroatoms. The maximum Gasteiger partial charge on any atom is 0.338 e. The van der Waals surface area contributed by atoms with Gasteiger partial charge >= 0.3 is 17.8 Å². The van der Waals surface area contributed by atoms with E-state index in [2.05, 4.69) is 26.0 Å². The number of hydrogen-bond donors (Lipinski definition) is 3. The number of hydrogen-bond acceptors (Lipinski definition) is 7. The van der Waals surface area contributed by atoms with Gasteiger partial charge in [-0.3, -0.25) is 14.4 Å². The van der Waals surface area contributed by atoms with Crippen molar-refractivity contribution in [3.05, 3.63) is 102 Å². The van der Waals surface area contributed by atoms with Gasteiger partial charge in [-0.1, -0.05) is 41.9 Å². The Kier molecular flexibility index (Phi) is 9.33. The SMILES string of the molecule is CC(C)(C)OC(=O)c1ccc(NC(=O)[C@H](Cc2ccccc2)NC(=O)C(=O)Nc2cc(Cl)ccc2-n2cncn2)cc1. The number of carbonyl (C=O) groups is 4. The summed E-state index contributed by atoms with van der Waals surface area (Å²) >= 11 is 6.11. The Hall–Kier alpha value is -5.03. The largest absolute Gasteiger partial charge is 0.456 e. The van der Waals surface area contributed by atoms with E-state index in [-0.39, 0.29) is 12.1 Å². The van der Waals surface area contributed by atoms with Gasteiger partial charge in [-0.15, -0.1) is 0 Å². The van der Waals surface area contributed by atoms with Gasteiger partial charge in [0.25, 0.3) is 0 Å². The third-order valence-corrected chi connectivity index (χ3v) is 6.01. The molecule has 0 fully saturated rings. The Labute approximate surface area is 247 Å². The van der Waals surface area contributed by atoms with Crippen molar-refractivity contribution >= 4 is 46.7 Å². The molecule has 4 aromatic rings. The molecule has 3 N–H and O–H groups in total. The fourth-order valence-electron chi connectivity index (χ4n) is 3.86. The van der Waals surface area contributed by atoms with Gasteiger partial charge in [0.05, 0.1) is 16.9 Å². The standard InChI is InChI=1S/C30H29ClN6O5/c1-30(2,3)42-29(41)20-9-12-22(13-10-20)34-26(38)24(15-19-7-5-4-6-8-19)36-28(40)27(39)35-23-16-21(31)11-14-25(23)37-18-32-17-33-37/h4-14,16-18,24H,15H2,1-3H3,(H,34,38)(H,35,39)(H,36,40)/t24-/m0/s1. The summed E-state index contributed by atoms with van der Waals surface area (Å²) < 4.78 is 6.77. The Morgan fingerprint density at radius 3 is 2.29 bits per heavy atom. The summed E-state index contributed by atoms with van der Waals surface area (Å²) in [6.07, 6.45) is 2.87. The van der Waals surface area contributed by atoms with Crippen LogP contribution < -0.4 is 16.0 Å². The van der Waals surface area contributed by atoms with Crippen LogP contribution in [0.4, 0.5) is 11.4 Å². The van der Waals surface area contributed by atoms with E-state index in [1.807, 2.05) is 6.07 Å². The highest BCUT2D eigenvalue weighted by atomic mass is 35.5. The van der Waals surface area contributed by atoms with Crippen LogP contribution in [0, 0.1) is 0 Å². The summed E-state index contributed by atoms with van der Waals surface area (Å²) in [6, 6.07) is 18.8. The Bertz CT molecular complexity index is 1570. The first-order valence-corrected chi connectivity index (χ1v) is 13.3. The van der Waals surface area contributed by atoms with Gasteiger partial charge in [0.15, 0.2) is 0 Å². The molecule has 0 bridgehead atoms. The highest BCUT2D eigenvalue weighted by Gasteiger charge is 2.26. The molecule has 0 saturated heterocycles. The van der Waals surface area contributed by atoms with Crippen LogP contribution in [0.5, 0.6) is 0 Å². The number of nitrogens with zero attached hydrogens (tertiary/aromatic N) is 3. The normalized spacial score (nSPS) is 11.7. The lowest BCUT2D eigenvalue weighted by Gasteiger charge is -2.20. The van der Waals surface area contributed by atoms with Crippen LogP contribution >= 0.6 is 11.6 Å². The molecule has 0 aliphatic rings. The molecule has 42 heavy (non-hydrogen) atoms. The number of halogens is 1. The quantitative estimate of drug-likeness (QED) is 0.207. The van der Waals surface area contributed by atoms with Crippen molar-refractivity contribution in [2.75, 3.05) is 10.6 Å². The molecule has 3 aromatic carbocycles. The number of benzene rings is 3. The van der Waals surface area contributed by atoms with Crippen LogP contribution in [0.2, 0.25) is 5.02 Å². The number of anilines is 2. The number of nitrogens with one attached hydrogen (secondary N) is 3. The van der Waals surface area contributed by atoms with Gasteiger partial charge in [0, 0.05) is 17.1 Å². The zero-order chi connectivity index (χ0) is 30.3. The lowest BCUT2D eigenvalue weighted by atomic mass is 10.0. The van der Waals surface area contributed by atoms with Crippen molar-refractivity contribution in [3.8, 4) is 5.69 Å². The highest BCUT2D eigenvalue weighted by molar-refractivity contribution is 6.40. The van der Waals surface area contributed by atoms with Gasteiger partial charge in [-0.2, -0.15) is 5.10 Å². The van der Waals surface area contributed by atoms with Crippen molar-refractivity contribution < 1.29 is 23.9 Å². The maximum absolute atomic E-state index is 13.3. The van der Waals surface area contributed by atoms with Crippen LogP contribution in [0.15, 0.2) is 85.5 Å². The van der Waals surface area contributed by atoms with Gasteiger partial charge < -0.3 is 20.7 Å². The van der Waals surface area contributed by atoms with E-state index in [1.165, 1.54) is 35.5 Å². The Morgan fingerprint density at radius 1 is 0.929 bits per heavy atom. The van der Waals surface area contributed by atoms with Gasteiger partial charge in [-0.25, -0.2) is 14.5 Å². The van der Waals surface area contributed by atoms with Crippen molar-refractivity contribution in [1.82, 2.24) is 20.1 Å². The van der Waals surface area contributed by atoms with Gasteiger partial charge in [0.1, 0.15) is 24.3 Å². The lowest BCUT2D eigenvalue weighted by molar-refractivity contribution is -0.137. The van der Waals surface area contributed by atoms with E-state index in [1.54, 1.807) is 69.3 Å². The van der Waals surface area contributed by atoms with E-state index in [0.29, 0.717) is 22.0 Å². The zero-order valence-corrected chi connectivity index (χ0v) is 23.9. The number of carbonyl (C=O) groups excluding carboxylic acids is 4. The van der Waals surface area contributed by atoms with E-state index in [0.717, 1.165) is 5.56 Å². The lowest BCUT2D eigenvalue weighted by Crippen LogP contribution is -2.49. The zero-order valence-electron chi connectivity index (χ0n) is 23.1. The second-order valence-corrected chi connectivity index (χ2v) is 10.7. The summed E-state index contributed by atoms with van der Waals surface area (Å²) in [4.78, 5) is 55.4. The molecule has 11 nitrogen and oxygen atoms in total. The minimum absolute atomic E-state index is 0.114. The molecule has 0 spiro atoms. The van der Waals surface area contributed by atoms with Crippen LogP contribution in [0.25, 0.3) is 5.69 Å². The molecule has 3 amide bonds. The number of ether oxygens (including phenoxy) is 1. The van der Waals surface area contributed by atoms with Crippen molar-refractivity contribution in [3.63, 3.8) is 0 Å². The molecule has 1 aromatic heterocycles. The van der Waals surface area contributed by atoms with Crippen molar-refractivity contribution in [1.29, 1.82) is 0 Å². The molecule has 0 aliphatic heterocycles. The molecular weight excluding hydrogens is 560 g/mol. The number of aromatic nitrogens is 3. The minimum Gasteiger partial charge on any atom is -0.456 e.